The summed E-state index contributed by atoms with van der Waals surface area (Å²) in [4.78, 5) is 22.5. The summed E-state index contributed by atoms with van der Waals surface area (Å²) in [6.45, 7) is 1.88. The van der Waals surface area contributed by atoms with Gasteiger partial charge in [0, 0.05) is 36.1 Å². The standard InChI is InChI=1S/C19H16ClN5O/c1-10-15(4-3-7-21-10)25-18-12(8-14(20)16(22-18)11-5-6-11)13-9-24(2)23-17(13)19(25)26/h3-4,7-9,11H,5-6H2,1-2H3. The van der Waals surface area contributed by atoms with Gasteiger partial charge in [-0.2, -0.15) is 5.10 Å². The van der Waals surface area contributed by atoms with E-state index in [0.29, 0.717) is 27.8 Å². The number of hydrogen-bond acceptors (Lipinski definition) is 4. The zero-order valence-electron chi connectivity index (χ0n) is 14.4. The van der Waals surface area contributed by atoms with Gasteiger partial charge in [0.2, 0.25) is 0 Å². The van der Waals surface area contributed by atoms with E-state index in [1.165, 1.54) is 0 Å². The molecule has 5 rings (SSSR count). The lowest BCUT2D eigenvalue weighted by Gasteiger charge is -2.14. The van der Waals surface area contributed by atoms with Crippen molar-refractivity contribution in [1.82, 2.24) is 24.3 Å². The third-order valence-electron chi connectivity index (χ3n) is 4.90. The van der Waals surface area contributed by atoms with E-state index >= 15 is 0 Å². The van der Waals surface area contributed by atoms with Gasteiger partial charge in [0.05, 0.1) is 22.1 Å². The number of halogens is 1. The quantitative estimate of drug-likeness (QED) is 0.545. The van der Waals surface area contributed by atoms with Crippen molar-refractivity contribution in [3.05, 3.63) is 57.4 Å². The van der Waals surface area contributed by atoms with Gasteiger partial charge in [-0.05, 0) is 38.0 Å². The van der Waals surface area contributed by atoms with Crippen LogP contribution in [0.1, 0.15) is 30.1 Å². The van der Waals surface area contributed by atoms with Crippen LogP contribution in [0.5, 0.6) is 0 Å². The van der Waals surface area contributed by atoms with Gasteiger partial charge in [0.25, 0.3) is 5.56 Å². The maximum atomic E-state index is 13.3. The van der Waals surface area contributed by atoms with Gasteiger partial charge >= 0.3 is 0 Å². The molecule has 0 amide bonds. The molecule has 7 heteroatoms. The first-order valence-corrected chi connectivity index (χ1v) is 8.93. The van der Waals surface area contributed by atoms with E-state index in [2.05, 4.69) is 10.1 Å². The number of aryl methyl sites for hydroxylation is 2. The first-order valence-electron chi connectivity index (χ1n) is 8.55. The highest BCUT2D eigenvalue weighted by Gasteiger charge is 2.29. The van der Waals surface area contributed by atoms with Crippen LogP contribution in [-0.4, -0.2) is 24.3 Å². The van der Waals surface area contributed by atoms with Crippen molar-refractivity contribution < 1.29 is 0 Å². The number of nitrogens with zero attached hydrogens (tertiary/aromatic N) is 5. The fourth-order valence-corrected chi connectivity index (χ4v) is 3.79. The number of fused-ring (bicyclic) bond motifs is 3. The van der Waals surface area contributed by atoms with Crippen molar-refractivity contribution in [3.63, 3.8) is 0 Å². The molecule has 1 aliphatic rings. The first kappa shape index (κ1) is 15.5. The summed E-state index contributed by atoms with van der Waals surface area (Å²) in [5.74, 6) is 0.384. The fraction of sp³-hybridized carbons (Fsp3) is 0.263. The minimum atomic E-state index is -0.194. The predicted octanol–water partition coefficient (Wildman–Crippen LogP) is 3.51. The lowest BCUT2D eigenvalue weighted by molar-refractivity contribution is 0.777. The molecular weight excluding hydrogens is 350 g/mol. The lowest BCUT2D eigenvalue weighted by atomic mass is 10.1. The molecule has 1 fully saturated rings. The summed E-state index contributed by atoms with van der Waals surface area (Å²) in [6.07, 6.45) is 5.73. The topological polar surface area (TPSA) is 65.6 Å². The minimum absolute atomic E-state index is 0.194. The highest BCUT2D eigenvalue weighted by atomic mass is 35.5. The van der Waals surface area contributed by atoms with Crippen LogP contribution >= 0.6 is 11.6 Å². The summed E-state index contributed by atoms with van der Waals surface area (Å²) in [5, 5.41) is 6.61. The molecule has 130 valence electrons. The second-order valence-electron chi connectivity index (χ2n) is 6.81. The van der Waals surface area contributed by atoms with E-state index < -0.39 is 0 Å². The second kappa shape index (κ2) is 5.38. The number of hydrogen-bond donors (Lipinski definition) is 0. The molecule has 4 heterocycles. The molecule has 0 atom stereocenters. The van der Waals surface area contributed by atoms with Gasteiger partial charge in [0.15, 0.2) is 5.52 Å². The van der Waals surface area contributed by atoms with Crippen LogP contribution in [0.3, 0.4) is 0 Å². The van der Waals surface area contributed by atoms with Crippen LogP contribution < -0.4 is 5.56 Å². The summed E-state index contributed by atoms with van der Waals surface area (Å²) in [5.41, 5.74) is 3.17. The predicted molar refractivity (Wildman–Crippen MR) is 101 cm³/mol. The highest BCUT2D eigenvalue weighted by Crippen LogP contribution is 2.43. The SMILES string of the molecule is Cc1ncccc1-n1c(=O)c2nn(C)cc2c2cc(Cl)c(C3CC3)nc21. The Morgan fingerprint density at radius 1 is 1.27 bits per heavy atom. The summed E-state index contributed by atoms with van der Waals surface area (Å²) < 4.78 is 3.27. The Morgan fingerprint density at radius 3 is 2.81 bits per heavy atom. The van der Waals surface area contributed by atoms with Gasteiger partial charge < -0.3 is 0 Å². The average Bonchev–Trinajstić information content (AvgIpc) is 3.38. The van der Waals surface area contributed by atoms with Crippen molar-refractivity contribution in [2.45, 2.75) is 25.7 Å². The monoisotopic (exact) mass is 365 g/mol. The molecular formula is C19H16ClN5O. The highest BCUT2D eigenvalue weighted by molar-refractivity contribution is 6.32. The van der Waals surface area contributed by atoms with E-state index in [0.717, 1.165) is 35.0 Å². The lowest BCUT2D eigenvalue weighted by Crippen LogP contribution is -2.21. The molecule has 4 aromatic heterocycles. The van der Waals surface area contributed by atoms with Crippen molar-refractivity contribution in [1.29, 1.82) is 0 Å². The first-order chi connectivity index (χ1) is 12.5. The van der Waals surface area contributed by atoms with Crippen LogP contribution in [0.2, 0.25) is 5.02 Å². The molecule has 1 aliphatic carbocycles. The minimum Gasteiger partial charge on any atom is -0.274 e. The Morgan fingerprint density at radius 2 is 2.08 bits per heavy atom. The molecule has 0 aromatic carbocycles. The van der Waals surface area contributed by atoms with Crippen LogP contribution in [0.15, 0.2) is 35.4 Å². The third-order valence-corrected chi connectivity index (χ3v) is 5.21. The van der Waals surface area contributed by atoms with Crippen molar-refractivity contribution in [3.8, 4) is 5.69 Å². The normalized spacial score (nSPS) is 14.4. The fourth-order valence-electron chi connectivity index (χ4n) is 3.49. The number of pyridine rings is 3. The van der Waals surface area contributed by atoms with Gasteiger partial charge in [-0.25, -0.2) is 4.98 Å². The zero-order valence-corrected chi connectivity index (χ0v) is 15.2. The van der Waals surface area contributed by atoms with Crippen LogP contribution in [0, 0.1) is 6.92 Å². The van der Waals surface area contributed by atoms with E-state index in [1.807, 2.05) is 31.3 Å². The Bertz CT molecular complexity index is 1250. The number of aromatic nitrogens is 5. The molecule has 1 saturated carbocycles. The molecule has 26 heavy (non-hydrogen) atoms. The van der Waals surface area contributed by atoms with E-state index in [9.17, 15) is 4.79 Å². The maximum Gasteiger partial charge on any atom is 0.285 e. The maximum absolute atomic E-state index is 13.3. The molecule has 6 nitrogen and oxygen atoms in total. The molecule has 0 saturated heterocycles. The molecule has 0 aliphatic heterocycles. The summed E-state index contributed by atoms with van der Waals surface area (Å²) >= 11 is 6.53. The van der Waals surface area contributed by atoms with Crippen LogP contribution in [0.4, 0.5) is 0 Å². The third kappa shape index (κ3) is 2.18. The van der Waals surface area contributed by atoms with Crippen molar-refractivity contribution in [2.24, 2.45) is 7.05 Å². The molecule has 4 aromatic rings. The smallest absolute Gasteiger partial charge is 0.274 e. The Labute approximate surface area is 154 Å². The summed E-state index contributed by atoms with van der Waals surface area (Å²) in [6, 6.07) is 5.62. The second-order valence-corrected chi connectivity index (χ2v) is 7.22. The van der Waals surface area contributed by atoms with Crippen molar-refractivity contribution >= 4 is 33.5 Å². The van der Waals surface area contributed by atoms with Crippen LogP contribution in [-0.2, 0) is 7.05 Å². The molecule has 0 unspecified atom stereocenters. The molecule has 0 bridgehead atoms. The number of rotatable bonds is 2. The van der Waals surface area contributed by atoms with Crippen LogP contribution in [0.25, 0.3) is 27.6 Å². The average molecular weight is 366 g/mol. The molecule has 0 radical (unpaired) electrons. The van der Waals surface area contributed by atoms with Gasteiger partial charge in [-0.1, -0.05) is 11.6 Å². The van der Waals surface area contributed by atoms with Gasteiger partial charge in [-0.15, -0.1) is 0 Å². The van der Waals surface area contributed by atoms with E-state index in [-0.39, 0.29) is 5.56 Å². The Balaban J connectivity index is 2.01. The van der Waals surface area contributed by atoms with Gasteiger partial charge in [0.1, 0.15) is 5.65 Å². The van der Waals surface area contributed by atoms with Crippen molar-refractivity contribution in [2.75, 3.05) is 0 Å². The van der Waals surface area contributed by atoms with Gasteiger partial charge in [-0.3, -0.25) is 19.0 Å². The van der Waals surface area contributed by atoms with E-state index in [1.54, 1.807) is 22.5 Å². The van der Waals surface area contributed by atoms with E-state index in [4.69, 9.17) is 16.6 Å². The molecule has 0 N–H and O–H groups in total. The Kier molecular flexibility index (Phi) is 3.21. The largest absolute Gasteiger partial charge is 0.285 e. The summed E-state index contributed by atoms with van der Waals surface area (Å²) in [7, 11) is 1.80. The Hall–Kier alpha value is -2.73. The zero-order chi connectivity index (χ0) is 18.0. The molecule has 0 spiro atoms.